The van der Waals surface area contributed by atoms with E-state index in [4.69, 9.17) is 5.73 Å². The van der Waals surface area contributed by atoms with Crippen molar-refractivity contribution in [3.63, 3.8) is 0 Å². The zero-order valence-corrected chi connectivity index (χ0v) is 14.1. The van der Waals surface area contributed by atoms with E-state index in [1.165, 1.54) is 5.56 Å². The Morgan fingerprint density at radius 3 is 2.26 bits per heavy atom. The summed E-state index contributed by atoms with van der Waals surface area (Å²) in [5, 5.41) is 4.14. The molecule has 0 fully saturated rings. The largest absolute Gasteiger partial charge is 0.399 e. The van der Waals surface area contributed by atoms with E-state index in [9.17, 15) is 4.79 Å². The van der Waals surface area contributed by atoms with Gasteiger partial charge in [0, 0.05) is 11.3 Å². The molecule has 0 saturated heterocycles. The van der Waals surface area contributed by atoms with Crippen molar-refractivity contribution in [2.75, 3.05) is 5.73 Å². The van der Waals surface area contributed by atoms with Crippen LogP contribution in [-0.2, 0) is 5.41 Å². The van der Waals surface area contributed by atoms with Crippen LogP contribution in [-0.4, -0.2) is 11.6 Å². The summed E-state index contributed by atoms with van der Waals surface area (Å²) in [6.07, 6.45) is 0. The first-order valence-corrected chi connectivity index (χ1v) is 7.58. The van der Waals surface area contributed by atoms with Gasteiger partial charge in [-0.25, -0.2) is 5.43 Å². The monoisotopic (exact) mass is 309 g/mol. The number of nitrogens with zero attached hydrogens (tertiary/aromatic N) is 1. The second-order valence-electron chi connectivity index (χ2n) is 6.59. The summed E-state index contributed by atoms with van der Waals surface area (Å²) < 4.78 is 0. The summed E-state index contributed by atoms with van der Waals surface area (Å²) >= 11 is 0. The van der Waals surface area contributed by atoms with E-state index >= 15 is 0 Å². The zero-order chi connectivity index (χ0) is 17.0. The standard InChI is InChI=1S/C19H23N3O/c1-13(15-6-5-7-17(20)12-15)21-22-18(23)14-8-10-16(11-9-14)19(2,3)4/h5-12H,20H2,1-4H3,(H,22,23)/b21-13-. The summed E-state index contributed by atoms with van der Waals surface area (Å²) in [6, 6.07) is 15.0. The number of nitrogens with one attached hydrogen (secondary N) is 1. The van der Waals surface area contributed by atoms with E-state index in [-0.39, 0.29) is 11.3 Å². The Balaban J connectivity index is 2.08. The third-order valence-corrected chi connectivity index (χ3v) is 3.64. The molecule has 2 aromatic carbocycles. The molecule has 0 aliphatic rings. The third kappa shape index (κ3) is 4.42. The highest BCUT2D eigenvalue weighted by Gasteiger charge is 2.14. The Bertz CT molecular complexity index is 725. The molecule has 0 heterocycles. The summed E-state index contributed by atoms with van der Waals surface area (Å²) in [6.45, 7) is 8.25. The van der Waals surface area contributed by atoms with E-state index in [1.807, 2.05) is 55.5 Å². The first-order chi connectivity index (χ1) is 10.8. The molecular formula is C19H23N3O. The maximum absolute atomic E-state index is 12.2. The van der Waals surface area contributed by atoms with Crippen molar-refractivity contribution in [1.29, 1.82) is 0 Å². The summed E-state index contributed by atoms with van der Waals surface area (Å²) in [7, 11) is 0. The minimum atomic E-state index is -0.228. The minimum absolute atomic E-state index is 0.0665. The SMILES string of the molecule is C/C(=N/NC(=O)c1ccc(C(C)(C)C)cc1)c1cccc(N)c1. The molecule has 0 spiro atoms. The number of hydrogen-bond donors (Lipinski definition) is 2. The lowest BCUT2D eigenvalue weighted by Gasteiger charge is -2.18. The molecule has 4 heteroatoms. The lowest BCUT2D eigenvalue weighted by Crippen LogP contribution is -2.20. The molecule has 3 N–H and O–H groups in total. The Labute approximate surface area is 137 Å². The Morgan fingerprint density at radius 1 is 1.04 bits per heavy atom. The van der Waals surface area contributed by atoms with Crippen molar-refractivity contribution in [2.45, 2.75) is 33.1 Å². The molecule has 0 aliphatic heterocycles. The van der Waals surface area contributed by atoms with Gasteiger partial charge in [-0.3, -0.25) is 4.79 Å². The fraction of sp³-hybridized carbons (Fsp3) is 0.263. The second-order valence-corrected chi connectivity index (χ2v) is 6.59. The molecule has 0 aromatic heterocycles. The minimum Gasteiger partial charge on any atom is -0.399 e. The van der Waals surface area contributed by atoms with Gasteiger partial charge in [-0.05, 0) is 47.7 Å². The van der Waals surface area contributed by atoms with E-state index in [0.717, 1.165) is 5.56 Å². The number of carbonyl (C=O) groups excluding carboxylic acids is 1. The van der Waals surface area contributed by atoms with Gasteiger partial charge in [-0.15, -0.1) is 0 Å². The van der Waals surface area contributed by atoms with Crippen LogP contribution in [0, 0.1) is 0 Å². The topological polar surface area (TPSA) is 67.5 Å². The van der Waals surface area contributed by atoms with Gasteiger partial charge in [0.25, 0.3) is 5.91 Å². The fourth-order valence-corrected chi connectivity index (χ4v) is 2.15. The molecule has 120 valence electrons. The van der Waals surface area contributed by atoms with Gasteiger partial charge in [0.05, 0.1) is 5.71 Å². The maximum atomic E-state index is 12.2. The molecule has 0 saturated carbocycles. The van der Waals surface area contributed by atoms with Crippen molar-refractivity contribution in [3.8, 4) is 0 Å². The van der Waals surface area contributed by atoms with Crippen LogP contribution in [0.3, 0.4) is 0 Å². The van der Waals surface area contributed by atoms with Crippen LogP contribution in [0.15, 0.2) is 53.6 Å². The van der Waals surface area contributed by atoms with Crippen LogP contribution in [0.4, 0.5) is 5.69 Å². The lowest BCUT2D eigenvalue weighted by molar-refractivity contribution is 0.0955. The quantitative estimate of drug-likeness (QED) is 0.515. The van der Waals surface area contributed by atoms with E-state index in [2.05, 4.69) is 31.3 Å². The number of rotatable bonds is 3. The van der Waals surface area contributed by atoms with E-state index in [1.54, 1.807) is 0 Å². The van der Waals surface area contributed by atoms with Crippen LogP contribution >= 0.6 is 0 Å². The Hall–Kier alpha value is -2.62. The van der Waals surface area contributed by atoms with Crippen LogP contribution in [0.5, 0.6) is 0 Å². The average molecular weight is 309 g/mol. The number of hydrogen-bond acceptors (Lipinski definition) is 3. The van der Waals surface area contributed by atoms with Gasteiger partial charge in [0.15, 0.2) is 0 Å². The van der Waals surface area contributed by atoms with Crippen molar-refractivity contribution in [3.05, 3.63) is 65.2 Å². The molecule has 0 aliphatic carbocycles. The number of hydrazone groups is 1. The van der Waals surface area contributed by atoms with Gasteiger partial charge >= 0.3 is 0 Å². The zero-order valence-electron chi connectivity index (χ0n) is 14.1. The lowest BCUT2D eigenvalue weighted by atomic mass is 9.87. The van der Waals surface area contributed by atoms with Gasteiger partial charge in [0.2, 0.25) is 0 Å². The fourth-order valence-electron chi connectivity index (χ4n) is 2.15. The van der Waals surface area contributed by atoms with Crippen molar-refractivity contribution in [2.24, 2.45) is 5.10 Å². The molecular weight excluding hydrogens is 286 g/mol. The normalized spacial score (nSPS) is 12.1. The second kappa shape index (κ2) is 6.65. The van der Waals surface area contributed by atoms with Crippen LogP contribution in [0.25, 0.3) is 0 Å². The molecule has 1 amide bonds. The number of benzene rings is 2. The molecule has 0 radical (unpaired) electrons. The maximum Gasteiger partial charge on any atom is 0.271 e. The van der Waals surface area contributed by atoms with Crippen LogP contribution in [0.1, 0.15) is 49.2 Å². The van der Waals surface area contributed by atoms with Crippen molar-refractivity contribution >= 4 is 17.3 Å². The highest BCUT2D eigenvalue weighted by atomic mass is 16.2. The molecule has 23 heavy (non-hydrogen) atoms. The Kier molecular flexibility index (Phi) is 4.84. The predicted octanol–water partition coefficient (Wildman–Crippen LogP) is 3.72. The highest BCUT2D eigenvalue weighted by Crippen LogP contribution is 2.22. The third-order valence-electron chi connectivity index (χ3n) is 3.64. The predicted molar refractivity (Wildman–Crippen MR) is 95.7 cm³/mol. The van der Waals surface area contributed by atoms with Gasteiger partial charge in [-0.2, -0.15) is 5.10 Å². The Morgan fingerprint density at radius 2 is 1.70 bits per heavy atom. The number of carbonyl (C=O) groups is 1. The van der Waals surface area contributed by atoms with Gasteiger partial charge < -0.3 is 5.73 Å². The van der Waals surface area contributed by atoms with Crippen molar-refractivity contribution < 1.29 is 4.79 Å². The van der Waals surface area contributed by atoms with Gasteiger partial charge in [0.1, 0.15) is 0 Å². The first-order valence-electron chi connectivity index (χ1n) is 7.58. The summed E-state index contributed by atoms with van der Waals surface area (Å²) in [4.78, 5) is 12.2. The number of amides is 1. The molecule has 0 unspecified atom stereocenters. The summed E-state index contributed by atoms with van der Waals surface area (Å²) in [5.41, 5.74) is 12.4. The van der Waals surface area contributed by atoms with Crippen LogP contribution in [0.2, 0.25) is 0 Å². The summed E-state index contributed by atoms with van der Waals surface area (Å²) in [5.74, 6) is -0.228. The first kappa shape index (κ1) is 16.7. The molecule has 0 atom stereocenters. The molecule has 2 rings (SSSR count). The highest BCUT2D eigenvalue weighted by molar-refractivity contribution is 6.01. The number of anilines is 1. The van der Waals surface area contributed by atoms with Gasteiger partial charge in [-0.1, -0.05) is 45.0 Å². The van der Waals surface area contributed by atoms with Crippen molar-refractivity contribution in [1.82, 2.24) is 5.43 Å². The smallest absolute Gasteiger partial charge is 0.271 e. The number of nitrogen functional groups attached to an aromatic ring is 1. The van der Waals surface area contributed by atoms with E-state index < -0.39 is 0 Å². The molecule has 0 bridgehead atoms. The number of nitrogens with two attached hydrogens (primary N) is 1. The average Bonchev–Trinajstić information content (AvgIpc) is 2.51. The van der Waals surface area contributed by atoms with E-state index in [0.29, 0.717) is 17.0 Å². The molecule has 4 nitrogen and oxygen atoms in total. The van der Waals surface area contributed by atoms with Crippen LogP contribution < -0.4 is 11.2 Å². The molecule has 2 aromatic rings.